The first kappa shape index (κ1) is 18.6. The topological polar surface area (TPSA) is 74.6 Å². The zero-order chi connectivity index (χ0) is 18.4. The van der Waals surface area contributed by atoms with Gasteiger partial charge in [-0.2, -0.15) is 0 Å². The summed E-state index contributed by atoms with van der Waals surface area (Å²) in [6, 6.07) is 10.9. The van der Waals surface area contributed by atoms with Crippen LogP contribution in [0.2, 0.25) is 0 Å². The molecule has 0 saturated heterocycles. The number of carbonyl (C=O) groups is 2. The lowest BCUT2D eigenvalue weighted by atomic mass is 10.1. The van der Waals surface area contributed by atoms with Gasteiger partial charge in [0.25, 0.3) is 5.91 Å². The Morgan fingerprint density at radius 2 is 1.80 bits per heavy atom. The van der Waals surface area contributed by atoms with Gasteiger partial charge >= 0.3 is 6.03 Å². The largest absolute Gasteiger partial charge is 0.464 e. The molecule has 2 N–H and O–H groups in total. The fraction of sp³-hybridized carbons (Fsp3) is 0.368. The number of furan rings is 1. The van der Waals surface area contributed by atoms with Gasteiger partial charge in [-0.15, -0.1) is 0 Å². The van der Waals surface area contributed by atoms with E-state index in [4.69, 9.17) is 4.42 Å². The third-order valence-corrected chi connectivity index (χ3v) is 3.61. The Bertz CT molecular complexity index is 720. The molecule has 0 unspecified atom stereocenters. The van der Waals surface area contributed by atoms with E-state index in [0.717, 1.165) is 17.1 Å². The van der Waals surface area contributed by atoms with E-state index in [0.29, 0.717) is 18.7 Å². The highest BCUT2D eigenvalue weighted by atomic mass is 16.3. The third kappa shape index (κ3) is 5.67. The summed E-state index contributed by atoms with van der Waals surface area (Å²) >= 11 is 0. The molecule has 0 radical (unpaired) electrons. The Morgan fingerprint density at radius 1 is 1.12 bits per heavy atom. The first-order valence-electron chi connectivity index (χ1n) is 8.29. The normalized spacial score (nSPS) is 10.6. The molecule has 25 heavy (non-hydrogen) atoms. The number of hydrogen-bond acceptors (Lipinski definition) is 3. The second-order valence-corrected chi connectivity index (χ2v) is 6.35. The van der Waals surface area contributed by atoms with Crippen molar-refractivity contribution in [1.82, 2.24) is 15.5 Å². The Kier molecular flexibility index (Phi) is 6.22. The molecule has 2 rings (SSSR count). The van der Waals surface area contributed by atoms with E-state index < -0.39 is 0 Å². The van der Waals surface area contributed by atoms with Gasteiger partial charge in [0.2, 0.25) is 0 Å². The fourth-order valence-electron chi connectivity index (χ4n) is 2.36. The van der Waals surface area contributed by atoms with Crippen molar-refractivity contribution in [3.63, 3.8) is 0 Å². The van der Waals surface area contributed by atoms with Crippen molar-refractivity contribution < 1.29 is 14.0 Å². The predicted octanol–water partition coefficient (Wildman–Crippen LogP) is 3.07. The van der Waals surface area contributed by atoms with Crippen molar-refractivity contribution in [2.45, 2.75) is 39.9 Å². The van der Waals surface area contributed by atoms with Crippen LogP contribution in [-0.2, 0) is 13.1 Å². The van der Waals surface area contributed by atoms with Gasteiger partial charge in [0.1, 0.15) is 11.5 Å². The van der Waals surface area contributed by atoms with Gasteiger partial charge in [0.15, 0.2) is 0 Å². The molecule has 0 atom stereocenters. The minimum Gasteiger partial charge on any atom is -0.464 e. The lowest BCUT2D eigenvalue weighted by Crippen LogP contribution is -2.39. The summed E-state index contributed by atoms with van der Waals surface area (Å²) in [6.07, 6.45) is 0. The van der Waals surface area contributed by atoms with Crippen molar-refractivity contribution in [3.05, 3.63) is 59.0 Å². The second kappa shape index (κ2) is 8.37. The van der Waals surface area contributed by atoms with Crippen LogP contribution in [0.15, 0.2) is 40.8 Å². The molecule has 0 spiro atoms. The van der Waals surface area contributed by atoms with Crippen molar-refractivity contribution in [2.24, 2.45) is 0 Å². The number of urea groups is 1. The molecule has 1 aromatic carbocycles. The first-order valence-corrected chi connectivity index (χ1v) is 8.29. The molecule has 6 heteroatoms. The quantitative estimate of drug-likeness (QED) is 0.846. The smallest absolute Gasteiger partial charge is 0.315 e. The Balaban J connectivity index is 1.89. The molecule has 1 aromatic heterocycles. The number of nitrogens with one attached hydrogen (secondary N) is 2. The van der Waals surface area contributed by atoms with Crippen LogP contribution in [0.5, 0.6) is 0 Å². The minimum atomic E-state index is -0.205. The molecular weight excluding hydrogens is 318 g/mol. The minimum absolute atomic E-state index is 0.0777. The van der Waals surface area contributed by atoms with Gasteiger partial charge in [-0.25, -0.2) is 4.79 Å². The van der Waals surface area contributed by atoms with Gasteiger partial charge < -0.3 is 20.0 Å². The summed E-state index contributed by atoms with van der Waals surface area (Å²) in [4.78, 5) is 25.6. The molecule has 134 valence electrons. The highest BCUT2D eigenvalue weighted by Crippen LogP contribution is 2.12. The van der Waals surface area contributed by atoms with E-state index in [1.54, 1.807) is 24.1 Å². The maximum absolute atomic E-state index is 12.5. The predicted molar refractivity (Wildman–Crippen MR) is 96.2 cm³/mol. The van der Waals surface area contributed by atoms with Crippen molar-refractivity contribution in [2.75, 3.05) is 7.05 Å². The van der Waals surface area contributed by atoms with Crippen molar-refractivity contribution in [1.29, 1.82) is 0 Å². The van der Waals surface area contributed by atoms with Gasteiger partial charge in [0.05, 0.1) is 6.54 Å². The van der Waals surface area contributed by atoms with Crippen LogP contribution < -0.4 is 10.6 Å². The summed E-state index contributed by atoms with van der Waals surface area (Å²) in [7, 11) is 1.74. The Hall–Kier alpha value is -2.76. The molecule has 6 nitrogen and oxygen atoms in total. The number of hydrogen-bond donors (Lipinski definition) is 2. The van der Waals surface area contributed by atoms with Crippen molar-refractivity contribution >= 4 is 11.9 Å². The molecule has 3 amide bonds. The van der Waals surface area contributed by atoms with Crippen LogP contribution in [0.3, 0.4) is 0 Å². The van der Waals surface area contributed by atoms with Crippen LogP contribution in [-0.4, -0.2) is 29.9 Å². The molecule has 0 saturated carbocycles. The van der Waals surface area contributed by atoms with E-state index in [2.05, 4.69) is 10.6 Å². The van der Waals surface area contributed by atoms with E-state index in [-0.39, 0.29) is 18.0 Å². The maximum Gasteiger partial charge on any atom is 0.315 e. The van der Waals surface area contributed by atoms with E-state index in [1.165, 1.54) is 0 Å². The molecule has 2 aromatic rings. The van der Waals surface area contributed by atoms with Crippen LogP contribution in [0, 0.1) is 6.92 Å². The molecule has 0 aliphatic carbocycles. The van der Waals surface area contributed by atoms with E-state index in [1.807, 2.05) is 45.0 Å². The molecule has 1 heterocycles. The second-order valence-electron chi connectivity index (χ2n) is 6.35. The standard InChI is InChI=1S/C19H25N3O3/c1-13(2)21-19(24)20-11-15-6-8-16(9-7-15)18(23)22(4)12-17-10-5-14(3)25-17/h5-10,13H,11-12H2,1-4H3,(H2,20,21,24). The highest BCUT2D eigenvalue weighted by Gasteiger charge is 2.13. The molecule has 0 bridgehead atoms. The summed E-state index contributed by atoms with van der Waals surface area (Å²) in [5, 5.41) is 5.54. The molecular formula is C19H25N3O3. The summed E-state index contributed by atoms with van der Waals surface area (Å²) in [6.45, 7) is 6.51. The maximum atomic E-state index is 12.5. The average molecular weight is 343 g/mol. The molecule has 0 aliphatic rings. The van der Waals surface area contributed by atoms with Crippen molar-refractivity contribution in [3.8, 4) is 0 Å². The molecule has 0 aliphatic heterocycles. The van der Waals surface area contributed by atoms with Gasteiger partial charge in [0, 0.05) is 25.2 Å². The van der Waals surface area contributed by atoms with Gasteiger partial charge in [-0.05, 0) is 50.6 Å². The summed E-state index contributed by atoms with van der Waals surface area (Å²) in [5.74, 6) is 1.51. The SMILES string of the molecule is Cc1ccc(CN(C)C(=O)c2ccc(CNC(=O)NC(C)C)cc2)o1. The Morgan fingerprint density at radius 3 is 2.36 bits per heavy atom. The number of carbonyl (C=O) groups excluding carboxylic acids is 2. The van der Waals surface area contributed by atoms with Crippen LogP contribution in [0.1, 0.15) is 41.3 Å². The van der Waals surface area contributed by atoms with Gasteiger partial charge in [-0.1, -0.05) is 12.1 Å². The first-order chi connectivity index (χ1) is 11.8. The monoisotopic (exact) mass is 343 g/mol. The lowest BCUT2D eigenvalue weighted by Gasteiger charge is -2.16. The lowest BCUT2D eigenvalue weighted by molar-refractivity contribution is 0.0775. The number of rotatable bonds is 6. The summed E-state index contributed by atoms with van der Waals surface area (Å²) in [5.41, 5.74) is 1.53. The zero-order valence-corrected chi connectivity index (χ0v) is 15.1. The number of amides is 3. The number of aryl methyl sites for hydroxylation is 1. The third-order valence-electron chi connectivity index (χ3n) is 3.61. The zero-order valence-electron chi connectivity index (χ0n) is 15.1. The average Bonchev–Trinajstić information content (AvgIpc) is 2.97. The van der Waals surface area contributed by atoms with E-state index in [9.17, 15) is 9.59 Å². The van der Waals surface area contributed by atoms with Crippen LogP contribution in [0.25, 0.3) is 0 Å². The van der Waals surface area contributed by atoms with Crippen LogP contribution in [0.4, 0.5) is 4.79 Å². The van der Waals surface area contributed by atoms with E-state index >= 15 is 0 Å². The number of benzene rings is 1. The summed E-state index contributed by atoms with van der Waals surface area (Å²) < 4.78 is 5.50. The highest BCUT2D eigenvalue weighted by molar-refractivity contribution is 5.94. The van der Waals surface area contributed by atoms with Crippen LogP contribution >= 0.6 is 0 Å². The number of nitrogens with zero attached hydrogens (tertiary/aromatic N) is 1. The fourth-order valence-corrected chi connectivity index (χ4v) is 2.36. The Labute approximate surface area is 148 Å². The van der Waals surface area contributed by atoms with Gasteiger partial charge in [-0.3, -0.25) is 4.79 Å². The molecule has 0 fully saturated rings.